The van der Waals surface area contributed by atoms with Crippen molar-refractivity contribution < 1.29 is 4.79 Å². The Hall–Kier alpha value is -1.58. The number of aryl methyl sites for hydroxylation is 1. The van der Waals surface area contributed by atoms with Crippen LogP contribution in [0, 0.1) is 6.92 Å². The number of nitrogens with zero attached hydrogens (tertiary/aromatic N) is 1. The first-order valence-corrected chi connectivity index (χ1v) is 4.08. The van der Waals surface area contributed by atoms with Crippen molar-refractivity contribution >= 4 is 5.91 Å². The minimum absolute atomic E-state index is 0.0261. The van der Waals surface area contributed by atoms with Crippen LogP contribution in [0.25, 0.3) is 0 Å². The summed E-state index contributed by atoms with van der Waals surface area (Å²) in [5, 5.41) is 9.22. The van der Waals surface area contributed by atoms with E-state index in [2.05, 4.69) is 22.1 Å². The van der Waals surface area contributed by atoms with Crippen molar-refractivity contribution in [2.45, 2.75) is 19.9 Å². The van der Waals surface area contributed by atoms with E-state index < -0.39 is 0 Å². The lowest BCUT2D eigenvalue weighted by Gasteiger charge is -2.07. The highest BCUT2D eigenvalue weighted by atomic mass is 16.1. The summed E-state index contributed by atoms with van der Waals surface area (Å²) in [6.45, 7) is 7.25. The smallest absolute Gasteiger partial charge is 0.255 e. The van der Waals surface area contributed by atoms with Crippen LogP contribution < -0.4 is 5.32 Å². The highest BCUT2D eigenvalue weighted by Crippen LogP contribution is 2.02. The van der Waals surface area contributed by atoms with E-state index in [9.17, 15) is 4.79 Å². The van der Waals surface area contributed by atoms with Crippen LogP contribution >= 0.6 is 0 Å². The lowest BCUT2D eigenvalue weighted by Crippen LogP contribution is -2.30. The summed E-state index contributed by atoms with van der Waals surface area (Å²) in [5.74, 6) is -0.126. The van der Waals surface area contributed by atoms with Crippen LogP contribution in [0.15, 0.2) is 18.9 Å². The quantitative estimate of drug-likeness (QED) is 0.681. The standard InChI is InChI=1S/C9H13N3O/c1-4-6(2)11-9(13)8-5-10-12-7(8)3/h4-6H,1H2,2-3H3,(H,10,12)(H,11,13). The van der Waals surface area contributed by atoms with Gasteiger partial charge in [-0.15, -0.1) is 6.58 Å². The fourth-order valence-corrected chi connectivity index (χ4v) is 0.923. The third-order valence-corrected chi connectivity index (χ3v) is 1.79. The van der Waals surface area contributed by atoms with Crippen molar-refractivity contribution in [1.82, 2.24) is 15.5 Å². The van der Waals surface area contributed by atoms with Crippen LogP contribution in [0.4, 0.5) is 0 Å². The van der Waals surface area contributed by atoms with E-state index in [0.29, 0.717) is 5.56 Å². The van der Waals surface area contributed by atoms with Crippen LogP contribution in [-0.4, -0.2) is 22.1 Å². The first-order valence-electron chi connectivity index (χ1n) is 4.08. The van der Waals surface area contributed by atoms with E-state index >= 15 is 0 Å². The first kappa shape index (κ1) is 9.51. The number of amides is 1. The number of hydrogen-bond acceptors (Lipinski definition) is 2. The zero-order valence-electron chi connectivity index (χ0n) is 7.79. The number of carbonyl (C=O) groups is 1. The fraction of sp³-hybridized carbons (Fsp3) is 0.333. The molecule has 0 aliphatic heterocycles. The molecule has 1 amide bonds. The molecule has 1 aromatic heterocycles. The van der Waals surface area contributed by atoms with Gasteiger partial charge in [0.25, 0.3) is 5.91 Å². The molecular weight excluding hydrogens is 166 g/mol. The first-order chi connectivity index (χ1) is 6.15. The summed E-state index contributed by atoms with van der Waals surface area (Å²) in [7, 11) is 0. The summed E-state index contributed by atoms with van der Waals surface area (Å²) < 4.78 is 0. The summed E-state index contributed by atoms with van der Waals surface area (Å²) in [5.41, 5.74) is 1.35. The Morgan fingerprint density at radius 2 is 2.54 bits per heavy atom. The Labute approximate surface area is 77.0 Å². The van der Waals surface area contributed by atoms with E-state index in [1.807, 2.05) is 6.92 Å². The molecule has 0 saturated carbocycles. The molecule has 0 aromatic carbocycles. The van der Waals surface area contributed by atoms with Gasteiger partial charge in [0.15, 0.2) is 0 Å². The Bertz CT molecular complexity index is 316. The average molecular weight is 179 g/mol. The molecule has 0 bridgehead atoms. The van der Waals surface area contributed by atoms with Crippen LogP contribution in [-0.2, 0) is 0 Å². The number of H-pyrrole nitrogens is 1. The molecule has 1 unspecified atom stereocenters. The maximum absolute atomic E-state index is 11.5. The molecule has 0 saturated heterocycles. The van der Waals surface area contributed by atoms with Crippen molar-refractivity contribution in [2.24, 2.45) is 0 Å². The monoisotopic (exact) mass is 179 g/mol. The van der Waals surface area contributed by atoms with Gasteiger partial charge in [-0.25, -0.2) is 0 Å². The maximum Gasteiger partial charge on any atom is 0.255 e. The van der Waals surface area contributed by atoms with Gasteiger partial charge < -0.3 is 5.32 Å². The van der Waals surface area contributed by atoms with Gasteiger partial charge >= 0.3 is 0 Å². The fourth-order valence-electron chi connectivity index (χ4n) is 0.923. The van der Waals surface area contributed by atoms with E-state index in [0.717, 1.165) is 5.69 Å². The predicted molar refractivity (Wildman–Crippen MR) is 50.4 cm³/mol. The summed E-state index contributed by atoms with van der Waals surface area (Å²) in [4.78, 5) is 11.5. The van der Waals surface area contributed by atoms with Crippen LogP contribution in [0.5, 0.6) is 0 Å². The Kier molecular flexibility index (Phi) is 2.84. The van der Waals surface area contributed by atoms with Crippen molar-refractivity contribution in [1.29, 1.82) is 0 Å². The van der Waals surface area contributed by atoms with E-state index in [-0.39, 0.29) is 11.9 Å². The van der Waals surface area contributed by atoms with Gasteiger partial charge in [0.2, 0.25) is 0 Å². The van der Waals surface area contributed by atoms with Gasteiger partial charge in [-0.05, 0) is 13.8 Å². The predicted octanol–water partition coefficient (Wildman–Crippen LogP) is 1.02. The number of hydrogen-bond donors (Lipinski definition) is 2. The molecule has 0 aliphatic carbocycles. The third-order valence-electron chi connectivity index (χ3n) is 1.79. The second kappa shape index (κ2) is 3.89. The van der Waals surface area contributed by atoms with Gasteiger partial charge in [0.05, 0.1) is 11.8 Å². The van der Waals surface area contributed by atoms with E-state index in [1.165, 1.54) is 6.20 Å². The molecule has 0 spiro atoms. The highest BCUT2D eigenvalue weighted by Gasteiger charge is 2.11. The van der Waals surface area contributed by atoms with Crippen LogP contribution in [0.3, 0.4) is 0 Å². The van der Waals surface area contributed by atoms with Crippen molar-refractivity contribution in [3.05, 3.63) is 30.1 Å². The van der Waals surface area contributed by atoms with Crippen molar-refractivity contribution in [2.75, 3.05) is 0 Å². The van der Waals surface area contributed by atoms with Gasteiger partial charge in [0.1, 0.15) is 0 Å². The topological polar surface area (TPSA) is 57.8 Å². The number of carbonyl (C=O) groups excluding carboxylic acids is 1. The molecule has 0 fully saturated rings. The summed E-state index contributed by atoms with van der Waals surface area (Å²) >= 11 is 0. The van der Waals surface area contributed by atoms with Gasteiger partial charge in [-0.3, -0.25) is 9.89 Å². The van der Waals surface area contributed by atoms with Crippen LogP contribution in [0.1, 0.15) is 23.0 Å². The zero-order chi connectivity index (χ0) is 9.84. The van der Waals surface area contributed by atoms with Gasteiger partial charge in [-0.1, -0.05) is 6.08 Å². The Morgan fingerprint density at radius 1 is 1.85 bits per heavy atom. The SMILES string of the molecule is C=CC(C)NC(=O)c1cn[nH]c1C. The second-order valence-electron chi connectivity index (χ2n) is 2.91. The largest absolute Gasteiger partial charge is 0.346 e. The molecule has 70 valence electrons. The Morgan fingerprint density at radius 3 is 3.00 bits per heavy atom. The molecule has 1 aromatic rings. The normalized spacial score (nSPS) is 12.2. The molecule has 0 radical (unpaired) electrons. The third kappa shape index (κ3) is 2.18. The summed E-state index contributed by atoms with van der Waals surface area (Å²) in [6, 6.07) is -0.0261. The maximum atomic E-state index is 11.5. The molecule has 0 aliphatic rings. The molecule has 4 heteroatoms. The van der Waals surface area contributed by atoms with Gasteiger partial charge in [0, 0.05) is 11.7 Å². The van der Waals surface area contributed by atoms with E-state index in [1.54, 1.807) is 13.0 Å². The minimum Gasteiger partial charge on any atom is -0.346 e. The lowest BCUT2D eigenvalue weighted by atomic mass is 10.2. The minimum atomic E-state index is -0.126. The number of rotatable bonds is 3. The average Bonchev–Trinajstić information content (AvgIpc) is 2.51. The van der Waals surface area contributed by atoms with Crippen LogP contribution in [0.2, 0.25) is 0 Å². The number of nitrogens with one attached hydrogen (secondary N) is 2. The molecular formula is C9H13N3O. The molecule has 4 nitrogen and oxygen atoms in total. The van der Waals surface area contributed by atoms with E-state index in [4.69, 9.17) is 0 Å². The highest BCUT2D eigenvalue weighted by molar-refractivity contribution is 5.95. The zero-order valence-corrected chi connectivity index (χ0v) is 7.79. The molecule has 2 N–H and O–H groups in total. The molecule has 1 atom stereocenters. The number of aromatic amines is 1. The lowest BCUT2D eigenvalue weighted by molar-refractivity contribution is 0.0946. The molecule has 1 heterocycles. The van der Waals surface area contributed by atoms with Crippen molar-refractivity contribution in [3.8, 4) is 0 Å². The molecule has 1 rings (SSSR count). The van der Waals surface area contributed by atoms with Crippen molar-refractivity contribution in [3.63, 3.8) is 0 Å². The number of aromatic nitrogens is 2. The summed E-state index contributed by atoms with van der Waals surface area (Å²) in [6.07, 6.45) is 3.19. The molecule has 13 heavy (non-hydrogen) atoms. The second-order valence-corrected chi connectivity index (χ2v) is 2.91. The Balaban J connectivity index is 2.69. The van der Waals surface area contributed by atoms with Gasteiger partial charge in [-0.2, -0.15) is 5.10 Å².